The van der Waals surface area contributed by atoms with Gasteiger partial charge in [-0.25, -0.2) is 4.79 Å². The molecule has 0 saturated heterocycles. The molecule has 0 saturated carbocycles. The average Bonchev–Trinajstić information content (AvgIpc) is 2.69. The SMILES string of the molecule is CCOC(=O)C1=CNC(C)Cc2c1[nH]c1ccccc21. The third kappa shape index (κ3) is 2.07. The van der Waals surface area contributed by atoms with Crippen molar-refractivity contribution in [2.75, 3.05) is 6.61 Å². The fraction of sp³-hybridized carbons (Fsp3) is 0.312. The lowest BCUT2D eigenvalue weighted by molar-refractivity contribution is -0.136. The summed E-state index contributed by atoms with van der Waals surface area (Å²) < 4.78 is 5.16. The minimum atomic E-state index is -0.290. The van der Waals surface area contributed by atoms with Gasteiger partial charge < -0.3 is 15.0 Å². The number of esters is 1. The van der Waals surface area contributed by atoms with Crippen molar-refractivity contribution in [1.82, 2.24) is 10.3 Å². The standard InChI is InChI=1S/C16H18N2O2/c1-3-20-16(19)13-9-17-10(2)8-12-11-6-4-5-7-14(11)18-15(12)13/h4-7,9-10,17-18H,3,8H2,1-2H3. The number of carbonyl (C=O) groups is 1. The Bertz CT molecular complexity index is 685. The Kier molecular flexibility index (Phi) is 3.22. The number of rotatable bonds is 2. The number of H-pyrrole nitrogens is 1. The van der Waals surface area contributed by atoms with E-state index in [1.165, 1.54) is 10.9 Å². The smallest absolute Gasteiger partial charge is 0.341 e. The van der Waals surface area contributed by atoms with Crippen LogP contribution in [0.5, 0.6) is 0 Å². The van der Waals surface area contributed by atoms with Gasteiger partial charge in [-0.05, 0) is 31.9 Å². The Morgan fingerprint density at radius 2 is 2.20 bits per heavy atom. The molecule has 2 heterocycles. The summed E-state index contributed by atoms with van der Waals surface area (Å²) in [6, 6.07) is 8.41. The van der Waals surface area contributed by atoms with Crippen molar-refractivity contribution in [3.05, 3.63) is 41.7 Å². The van der Waals surface area contributed by atoms with Gasteiger partial charge >= 0.3 is 5.97 Å². The zero-order chi connectivity index (χ0) is 14.1. The normalized spacial score (nSPS) is 17.9. The maximum absolute atomic E-state index is 12.1. The van der Waals surface area contributed by atoms with E-state index in [9.17, 15) is 4.79 Å². The fourth-order valence-corrected chi connectivity index (χ4v) is 2.67. The van der Waals surface area contributed by atoms with Crippen LogP contribution in [0.1, 0.15) is 25.1 Å². The van der Waals surface area contributed by atoms with E-state index in [0.29, 0.717) is 12.2 Å². The molecule has 0 radical (unpaired) electrons. The second-order valence-corrected chi connectivity index (χ2v) is 5.07. The summed E-state index contributed by atoms with van der Waals surface area (Å²) in [5.74, 6) is -0.290. The predicted octanol–water partition coefficient (Wildman–Crippen LogP) is 2.61. The van der Waals surface area contributed by atoms with Crippen molar-refractivity contribution in [2.24, 2.45) is 0 Å². The molecule has 0 fully saturated rings. The van der Waals surface area contributed by atoms with E-state index in [1.807, 2.05) is 25.1 Å². The van der Waals surface area contributed by atoms with Gasteiger partial charge in [0.05, 0.1) is 17.9 Å². The van der Waals surface area contributed by atoms with Crippen molar-refractivity contribution in [1.29, 1.82) is 0 Å². The minimum Gasteiger partial charge on any atom is -0.462 e. The molecular weight excluding hydrogens is 252 g/mol. The van der Waals surface area contributed by atoms with Gasteiger partial charge in [-0.1, -0.05) is 18.2 Å². The van der Waals surface area contributed by atoms with E-state index < -0.39 is 0 Å². The van der Waals surface area contributed by atoms with Gasteiger partial charge in [0.2, 0.25) is 0 Å². The topological polar surface area (TPSA) is 54.1 Å². The van der Waals surface area contributed by atoms with Crippen LogP contribution in [0, 0.1) is 0 Å². The van der Waals surface area contributed by atoms with Crippen LogP contribution in [-0.2, 0) is 16.0 Å². The number of aromatic nitrogens is 1. The number of aromatic amines is 1. The molecule has 1 aromatic heterocycles. The fourth-order valence-electron chi connectivity index (χ4n) is 2.67. The van der Waals surface area contributed by atoms with Crippen LogP contribution in [0.15, 0.2) is 30.5 Å². The average molecular weight is 270 g/mol. The lowest BCUT2D eigenvalue weighted by atomic mass is 10.0. The molecule has 4 heteroatoms. The second kappa shape index (κ2) is 5.04. The number of ether oxygens (including phenoxy) is 1. The number of benzene rings is 1. The first-order chi connectivity index (χ1) is 9.70. The summed E-state index contributed by atoms with van der Waals surface area (Å²) >= 11 is 0. The highest BCUT2D eigenvalue weighted by Gasteiger charge is 2.24. The van der Waals surface area contributed by atoms with Crippen molar-refractivity contribution in [2.45, 2.75) is 26.3 Å². The van der Waals surface area contributed by atoms with Crippen LogP contribution in [-0.4, -0.2) is 23.6 Å². The van der Waals surface area contributed by atoms with E-state index in [-0.39, 0.29) is 12.0 Å². The molecule has 20 heavy (non-hydrogen) atoms. The van der Waals surface area contributed by atoms with E-state index in [4.69, 9.17) is 4.74 Å². The molecule has 104 valence electrons. The van der Waals surface area contributed by atoms with E-state index in [2.05, 4.69) is 23.3 Å². The zero-order valence-corrected chi connectivity index (χ0v) is 11.7. The predicted molar refractivity (Wildman–Crippen MR) is 79.2 cm³/mol. The first-order valence-corrected chi connectivity index (χ1v) is 6.94. The van der Waals surface area contributed by atoms with Gasteiger partial charge in [-0.15, -0.1) is 0 Å². The number of fused-ring (bicyclic) bond motifs is 3. The van der Waals surface area contributed by atoms with E-state index in [0.717, 1.165) is 17.6 Å². The van der Waals surface area contributed by atoms with Crippen LogP contribution in [0.3, 0.4) is 0 Å². The number of hydrogen-bond acceptors (Lipinski definition) is 3. The number of hydrogen-bond donors (Lipinski definition) is 2. The number of para-hydroxylation sites is 1. The molecular formula is C16H18N2O2. The first kappa shape index (κ1) is 12.8. The molecule has 4 nitrogen and oxygen atoms in total. The third-order valence-electron chi connectivity index (χ3n) is 3.60. The summed E-state index contributed by atoms with van der Waals surface area (Å²) in [6.45, 7) is 4.30. The third-order valence-corrected chi connectivity index (χ3v) is 3.60. The summed E-state index contributed by atoms with van der Waals surface area (Å²) in [5, 5.41) is 4.42. The van der Waals surface area contributed by atoms with Crippen LogP contribution in [0.2, 0.25) is 0 Å². The Hall–Kier alpha value is -2.23. The maximum Gasteiger partial charge on any atom is 0.341 e. The highest BCUT2D eigenvalue weighted by molar-refractivity contribution is 6.17. The molecule has 1 atom stereocenters. The van der Waals surface area contributed by atoms with Crippen LogP contribution in [0.25, 0.3) is 16.5 Å². The molecule has 1 aliphatic heterocycles. The summed E-state index contributed by atoms with van der Waals surface area (Å²) in [5.41, 5.74) is 3.68. The largest absolute Gasteiger partial charge is 0.462 e. The van der Waals surface area contributed by atoms with Gasteiger partial charge in [0, 0.05) is 23.1 Å². The zero-order valence-electron chi connectivity index (χ0n) is 11.7. The molecule has 2 aromatic rings. The molecule has 3 rings (SSSR count). The Morgan fingerprint density at radius 1 is 1.40 bits per heavy atom. The van der Waals surface area contributed by atoms with Gasteiger partial charge in [0.25, 0.3) is 0 Å². The van der Waals surface area contributed by atoms with E-state index in [1.54, 1.807) is 6.20 Å². The monoisotopic (exact) mass is 270 g/mol. The van der Waals surface area contributed by atoms with Gasteiger partial charge in [0.15, 0.2) is 0 Å². The quantitative estimate of drug-likeness (QED) is 0.825. The lowest BCUT2D eigenvalue weighted by Gasteiger charge is -2.08. The highest BCUT2D eigenvalue weighted by Crippen LogP contribution is 2.30. The molecule has 0 spiro atoms. The minimum absolute atomic E-state index is 0.278. The second-order valence-electron chi connectivity index (χ2n) is 5.07. The molecule has 2 N–H and O–H groups in total. The van der Waals surface area contributed by atoms with Gasteiger partial charge in [0.1, 0.15) is 0 Å². The Balaban J connectivity index is 2.17. The molecule has 1 unspecified atom stereocenters. The van der Waals surface area contributed by atoms with E-state index >= 15 is 0 Å². The van der Waals surface area contributed by atoms with Crippen LogP contribution >= 0.6 is 0 Å². The highest BCUT2D eigenvalue weighted by atomic mass is 16.5. The van der Waals surface area contributed by atoms with Crippen molar-refractivity contribution >= 4 is 22.4 Å². The summed E-state index contributed by atoms with van der Waals surface area (Å²) in [6.07, 6.45) is 2.64. The molecule has 0 aliphatic carbocycles. The Labute approximate surface area is 117 Å². The lowest BCUT2D eigenvalue weighted by Crippen LogP contribution is -2.21. The molecule has 0 bridgehead atoms. The van der Waals surface area contributed by atoms with Crippen molar-refractivity contribution in [3.63, 3.8) is 0 Å². The number of nitrogens with one attached hydrogen (secondary N) is 2. The van der Waals surface area contributed by atoms with Gasteiger partial charge in [-0.3, -0.25) is 0 Å². The summed E-state index contributed by atoms with van der Waals surface area (Å²) in [4.78, 5) is 15.5. The number of carbonyl (C=O) groups excluding carboxylic acids is 1. The van der Waals surface area contributed by atoms with Crippen LogP contribution in [0.4, 0.5) is 0 Å². The van der Waals surface area contributed by atoms with Crippen molar-refractivity contribution < 1.29 is 9.53 Å². The Morgan fingerprint density at radius 3 is 3.00 bits per heavy atom. The summed E-state index contributed by atoms with van der Waals surface area (Å²) in [7, 11) is 0. The van der Waals surface area contributed by atoms with Crippen LogP contribution < -0.4 is 5.32 Å². The molecule has 1 aliphatic rings. The van der Waals surface area contributed by atoms with Crippen molar-refractivity contribution in [3.8, 4) is 0 Å². The molecule has 0 amide bonds. The molecule has 1 aromatic carbocycles. The maximum atomic E-state index is 12.1. The van der Waals surface area contributed by atoms with Gasteiger partial charge in [-0.2, -0.15) is 0 Å². The first-order valence-electron chi connectivity index (χ1n) is 6.94.